The summed E-state index contributed by atoms with van der Waals surface area (Å²) in [6.07, 6.45) is 2.34. The fourth-order valence-corrected chi connectivity index (χ4v) is 4.49. The Morgan fingerprint density at radius 1 is 1.20 bits per heavy atom. The van der Waals surface area contributed by atoms with Gasteiger partial charge in [-0.15, -0.1) is 0 Å². The highest BCUT2D eigenvalue weighted by Gasteiger charge is 2.32. The van der Waals surface area contributed by atoms with E-state index in [2.05, 4.69) is 5.32 Å². The lowest BCUT2D eigenvalue weighted by Gasteiger charge is -2.18. The first-order chi connectivity index (χ1) is 14.5. The van der Waals surface area contributed by atoms with Crippen molar-refractivity contribution in [1.29, 1.82) is 0 Å². The van der Waals surface area contributed by atoms with E-state index in [0.717, 1.165) is 11.1 Å². The van der Waals surface area contributed by atoms with Crippen molar-refractivity contribution in [2.24, 2.45) is 0 Å². The van der Waals surface area contributed by atoms with Crippen molar-refractivity contribution >= 4 is 57.8 Å². The number of rotatable bonds is 8. The number of nitrogens with one attached hydrogen (secondary N) is 1. The third kappa shape index (κ3) is 5.92. The summed E-state index contributed by atoms with van der Waals surface area (Å²) in [7, 11) is 0. The summed E-state index contributed by atoms with van der Waals surface area (Å²) >= 11 is 12.7. The summed E-state index contributed by atoms with van der Waals surface area (Å²) in [5.41, 5.74) is 1.77. The van der Waals surface area contributed by atoms with E-state index in [1.165, 1.54) is 16.7 Å². The molecule has 0 saturated carbocycles. The number of halogens is 1. The van der Waals surface area contributed by atoms with Gasteiger partial charge in [0.1, 0.15) is 4.32 Å². The number of aliphatic hydroxyl groups is 1. The molecular formula is C22H21ClN2O3S2. The first-order valence-electron chi connectivity index (χ1n) is 9.42. The fourth-order valence-electron chi connectivity index (χ4n) is 3.00. The van der Waals surface area contributed by atoms with Gasteiger partial charge in [0.05, 0.1) is 17.6 Å². The molecule has 1 aliphatic rings. The van der Waals surface area contributed by atoms with Gasteiger partial charge in [-0.1, -0.05) is 84.1 Å². The largest absolute Gasteiger partial charge is 0.394 e. The molecule has 1 saturated heterocycles. The highest BCUT2D eigenvalue weighted by Crippen LogP contribution is 2.33. The van der Waals surface area contributed by atoms with E-state index in [-0.39, 0.29) is 37.4 Å². The number of nitrogens with zero attached hydrogens (tertiary/aromatic N) is 1. The molecule has 3 rings (SSSR count). The smallest absolute Gasteiger partial charge is 0.266 e. The number of amides is 2. The number of hydrogen-bond acceptors (Lipinski definition) is 5. The summed E-state index contributed by atoms with van der Waals surface area (Å²) in [4.78, 5) is 26.9. The van der Waals surface area contributed by atoms with Crippen LogP contribution in [-0.2, 0) is 16.0 Å². The van der Waals surface area contributed by atoms with Gasteiger partial charge >= 0.3 is 0 Å². The predicted octanol–water partition coefficient (Wildman–Crippen LogP) is 3.65. The SMILES string of the molecule is O=C(CCN1C(=O)/C(=C/c2ccccc2Cl)SC1=S)N[C@@H](CO)Cc1ccccc1. The molecule has 0 spiro atoms. The normalized spacial score (nSPS) is 16.2. The maximum Gasteiger partial charge on any atom is 0.266 e. The molecule has 0 bridgehead atoms. The summed E-state index contributed by atoms with van der Waals surface area (Å²) in [6.45, 7) is 0.0160. The molecule has 2 aromatic rings. The Morgan fingerprint density at radius 3 is 2.60 bits per heavy atom. The molecule has 0 unspecified atom stereocenters. The molecule has 1 aliphatic heterocycles. The number of benzene rings is 2. The molecule has 8 heteroatoms. The van der Waals surface area contributed by atoms with Crippen LogP contribution < -0.4 is 5.32 Å². The lowest BCUT2D eigenvalue weighted by molar-refractivity contribution is -0.124. The highest BCUT2D eigenvalue weighted by molar-refractivity contribution is 8.26. The van der Waals surface area contributed by atoms with E-state index in [1.54, 1.807) is 12.1 Å². The van der Waals surface area contributed by atoms with E-state index >= 15 is 0 Å². The van der Waals surface area contributed by atoms with E-state index in [0.29, 0.717) is 20.7 Å². The minimum atomic E-state index is -0.383. The van der Waals surface area contributed by atoms with E-state index in [4.69, 9.17) is 23.8 Å². The Hall–Kier alpha value is -2.19. The first kappa shape index (κ1) is 22.5. The monoisotopic (exact) mass is 460 g/mol. The van der Waals surface area contributed by atoms with Crippen molar-refractivity contribution in [2.75, 3.05) is 13.2 Å². The zero-order valence-corrected chi connectivity index (χ0v) is 18.5. The maximum absolute atomic E-state index is 12.7. The van der Waals surface area contributed by atoms with Gasteiger partial charge in [-0.05, 0) is 29.7 Å². The zero-order chi connectivity index (χ0) is 21.5. The summed E-state index contributed by atoms with van der Waals surface area (Å²) < 4.78 is 0.411. The maximum atomic E-state index is 12.7. The van der Waals surface area contributed by atoms with Crippen molar-refractivity contribution < 1.29 is 14.7 Å². The molecule has 1 atom stereocenters. The predicted molar refractivity (Wildman–Crippen MR) is 125 cm³/mol. The van der Waals surface area contributed by atoms with Crippen LogP contribution in [0.15, 0.2) is 59.5 Å². The molecule has 0 aromatic heterocycles. The third-order valence-electron chi connectivity index (χ3n) is 4.54. The van der Waals surface area contributed by atoms with Gasteiger partial charge in [0.2, 0.25) is 5.91 Å². The Morgan fingerprint density at radius 2 is 1.90 bits per heavy atom. The molecule has 2 aromatic carbocycles. The van der Waals surface area contributed by atoms with Crippen LogP contribution in [-0.4, -0.2) is 45.3 Å². The second-order valence-corrected chi connectivity index (χ2v) is 8.82. The van der Waals surface area contributed by atoms with Crippen LogP contribution in [0.1, 0.15) is 17.5 Å². The van der Waals surface area contributed by atoms with Gasteiger partial charge in [-0.3, -0.25) is 14.5 Å². The van der Waals surface area contributed by atoms with Gasteiger partial charge in [0.15, 0.2) is 0 Å². The second-order valence-electron chi connectivity index (χ2n) is 6.74. The van der Waals surface area contributed by atoms with Crippen molar-refractivity contribution in [3.63, 3.8) is 0 Å². The Kier molecular flexibility index (Phi) is 8.04. The van der Waals surface area contributed by atoms with Crippen molar-refractivity contribution in [3.8, 4) is 0 Å². The number of thioether (sulfide) groups is 1. The lowest BCUT2D eigenvalue weighted by Crippen LogP contribution is -2.41. The molecule has 0 aliphatic carbocycles. The van der Waals surface area contributed by atoms with Crippen molar-refractivity contribution in [3.05, 3.63) is 75.7 Å². The molecule has 1 heterocycles. The highest BCUT2D eigenvalue weighted by atomic mass is 35.5. The van der Waals surface area contributed by atoms with Gasteiger partial charge < -0.3 is 10.4 Å². The molecule has 5 nitrogen and oxygen atoms in total. The van der Waals surface area contributed by atoms with Crippen LogP contribution in [0.25, 0.3) is 6.08 Å². The summed E-state index contributed by atoms with van der Waals surface area (Å²) in [5.74, 6) is -0.477. The van der Waals surface area contributed by atoms with Crippen LogP contribution >= 0.6 is 35.6 Å². The Labute approximate surface area is 190 Å². The standard InChI is InChI=1S/C22H21ClN2O3S2/c23-18-9-5-4-8-16(18)13-19-21(28)25(22(29)30-19)11-10-20(27)24-17(14-26)12-15-6-2-1-3-7-15/h1-9,13,17,26H,10-12,14H2,(H,24,27)/b19-13-/t17-/m1/s1. The molecule has 156 valence electrons. The lowest BCUT2D eigenvalue weighted by atomic mass is 10.1. The topological polar surface area (TPSA) is 69.6 Å². The number of thiocarbonyl (C=S) groups is 1. The molecule has 0 radical (unpaired) electrons. The quantitative estimate of drug-likeness (QED) is 0.465. The molecular weight excluding hydrogens is 440 g/mol. The average molecular weight is 461 g/mol. The fraction of sp³-hybridized carbons (Fsp3) is 0.227. The average Bonchev–Trinajstić information content (AvgIpc) is 3.01. The molecule has 30 heavy (non-hydrogen) atoms. The van der Waals surface area contributed by atoms with Gasteiger partial charge in [0.25, 0.3) is 5.91 Å². The minimum Gasteiger partial charge on any atom is -0.394 e. The van der Waals surface area contributed by atoms with Crippen LogP contribution in [0.4, 0.5) is 0 Å². The number of carbonyl (C=O) groups excluding carboxylic acids is 2. The molecule has 2 N–H and O–H groups in total. The van der Waals surface area contributed by atoms with Crippen LogP contribution in [0, 0.1) is 0 Å². The number of aliphatic hydroxyl groups excluding tert-OH is 1. The van der Waals surface area contributed by atoms with Crippen LogP contribution in [0.2, 0.25) is 5.02 Å². The first-order valence-corrected chi connectivity index (χ1v) is 11.0. The van der Waals surface area contributed by atoms with Crippen LogP contribution in [0.5, 0.6) is 0 Å². The van der Waals surface area contributed by atoms with Gasteiger partial charge in [0, 0.05) is 18.0 Å². The Bertz CT molecular complexity index is 966. The number of carbonyl (C=O) groups is 2. The van der Waals surface area contributed by atoms with E-state index < -0.39 is 0 Å². The van der Waals surface area contributed by atoms with Crippen molar-refractivity contribution in [2.45, 2.75) is 18.9 Å². The third-order valence-corrected chi connectivity index (χ3v) is 6.26. The van der Waals surface area contributed by atoms with E-state index in [1.807, 2.05) is 48.5 Å². The Balaban J connectivity index is 1.56. The second kappa shape index (κ2) is 10.7. The summed E-state index contributed by atoms with van der Waals surface area (Å²) in [5, 5.41) is 12.9. The van der Waals surface area contributed by atoms with Gasteiger partial charge in [-0.2, -0.15) is 0 Å². The van der Waals surface area contributed by atoms with Crippen LogP contribution in [0.3, 0.4) is 0 Å². The summed E-state index contributed by atoms with van der Waals surface area (Å²) in [6, 6.07) is 16.5. The molecule has 2 amide bonds. The molecule has 1 fully saturated rings. The van der Waals surface area contributed by atoms with E-state index in [9.17, 15) is 14.7 Å². The zero-order valence-electron chi connectivity index (χ0n) is 16.1. The van der Waals surface area contributed by atoms with Crippen molar-refractivity contribution in [1.82, 2.24) is 10.2 Å². The minimum absolute atomic E-state index is 0.0943. The van der Waals surface area contributed by atoms with Gasteiger partial charge in [-0.25, -0.2) is 0 Å². The number of hydrogen-bond donors (Lipinski definition) is 2.